The molecule has 1 N–H and O–H groups in total. The number of nitrogens with zero attached hydrogens (tertiary/aromatic N) is 4. The van der Waals surface area contributed by atoms with Crippen LogP contribution >= 0.6 is 23.1 Å². The van der Waals surface area contributed by atoms with Crippen LogP contribution in [0.3, 0.4) is 0 Å². The van der Waals surface area contributed by atoms with E-state index in [2.05, 4.69) is 51.6 Å². The Bertz CT molecular complexity index is 1190. The third-order valence-electron chi connectivity index (χ3n) is 4.59. The lowest BCUT2D eigenvalue weighted by atomic mass is 10.1. The molecule has 0 spiro atoms. The SMILES string of the molecule is COc1ccc(-c2noc(CSc3nnc(Nc4ccc(C)c(C)c4)s3)n2)cc1OC. The third-order valence-corrected chi connectivity index (χ3v) is 6.55. The number of aryl methyl sites for hydroxylation is 2. The van der Waals surface area contributed by atoms with Crippen LogP contribution in [0.25, 0.3) is 11.4 Å². The molecule has 8 nitrogen and oxygen atoms in total. The van der Waals surface area contributed by atoms with Crippen molar-refractivity contribution >= 4 is 33.9 Å². The molecule has 31 heavy (non-hydrogen) atoms. The number of hydrogen-bond acceptors (Lipinski definition) is 10. The fourth-order valence-electron chi connectivity index (χ4n) is 2.79. The Kier molecular flexibility index (Phi) is 6.38. The van der Waals surface area contributed by atoms with E-state index in [1.165, 1.54) is 34.2 Å². The molecule has 4 aromatic rings. The van der Waals surface area contributed by atoms with Gasteiger partial charge >= 0.3 is 0 Å². The van der Waals surface area contributed by atoms with E-state index in [-0.39, 0.29) is 0 Å². The van der Waals surface area contributed by atoms with Crippen LogP contribution in [0.1, 0.15) is 17.0 Å². The molecule has 0 aliphatic carbocycles. The highest BCUT2D eigenvalue weighted by atomic mass is 32.2. The van der Waals surface area contributed by atoms with Crippen molar-refractivity contribution in [2.24, 2.45) is 0 Å². The van der Waals surface area contributed by atoms with Gasteiger partial charge in [0.1, 0.15) is 0 Å². The zero-order valence-electron chi connectivity index (χ0n) is 17.5. The Morgan fingerprint density at radius 3 is 2.61 bits per heavy atom. The van der Waals surface area contributed by atoms with Gasteiger partial charge in [-0.05, 0) is 55.3 Å². The lowest BCUT2D eigenvalue weighted by Gasteiger charge is -2.07. The van der Waals surface area contributed by atoms with Gasteiger partial charge in [-0.15, -0.1) is 10.2 Å². The molecule has 0 unspecified atom stereocenters. The van der Waals surface area contributed by atoms with Gasteiger partial charge in [-0.25, -0.2) is 0 Å². The topological polar surface area (TPSA) is 95.2 Å². The number of rotatable bonds is 8. The quantitative estimate of drug-likeness (QED) is 0.357. The van der Waals surface area contributed by atoms with Crippen molar-refractivity contribution in [1.29, 1.82) is 0 Å². The van der Waals surface area contributed by atoms with E-state index in [9.17, 15) is 0 Å². The maximum absolute atomic E-state index is 5.38. The monoisotopic (exact) mass is 455 g/mol. The Hall–Kier alpha value is -3.11. The summed E-state index contributed by atoms with van der Waals surface area (Å²) in [4.78, 5) is 4.46. The van der Waals surface area contributed by atoms with Gasteiger partial charge in [-0.2, -0.15) is 4.98 Å². The molecule has 2 aromatic carbocycles. The molecule has 0 saturated heterocycles. The highest BCUT2D eigenvalue weighted by Gasteiger charge is 2.14. The molecule has 0 amide bonds. The molecule has 0 saturated carbocycles. The van der Waals surface area contributed by atoms with E-state index in [0.29, 0.717) is 29.0 Å². The molecular weight excluding hydrogens is 434 g/mol. The van der Waals surface area contributed by atoms with E-state index in [4.69, 9.17) is 14.0 Å². The van der Waals surface area contributed by atoms with Gasteiger partial charge in [0.15, 0.2) is 15.8 Å². The van der Waals surface area contributed by atoms with Gasteiger partial charge in [0.2, 0.25) is 16.8 Å². The summed E-state index contributed by atoms with van der Waals surface area (Å²) in [6.07, 6.45) is 0. The van der Waals surface area contributed by atoms with Gasteiger partial charge in [-0.1, -0.05) is 34.3 Å². The van der Waals surface area contributed by atoms with Gasteiger partial charge in [0.25, 0.3) is 0 Å². The van der Waals surface area contributed by atoms with E-state index < -0.39 is 0 Å². The van der Waals surface area contributed by atoms with Crippen molar-refractivity contribution in [1.82, 2.24) is 20.3 Å². The number of anilines is 2. The summed E-state index contributed by atoms with van der Waals surface area (Å²) in [6, 6.07) is 11.7. The maximum atomic E-state index is 5.38. The molecule has 2 aromatic heterocycles. The third kappa shape index (κ3) is 4.97. The average Bonchev–Trinajstić information content (AvgIpc) is 3.44. The smallest absolute Gasteiger partial charge is 0.237 e. The average molecular weight is 456 g/mol. The normalized spacial score (nSPS) is 10.8. The highest BCUT2D eigenvalue weighted by molar-refractivity contribution is 8.00. The minimum Gasteiger partial charge on any atom is -0.493 e. The molecule has 2 heterocycles. The number of nitrogens with one attached hydrogen (secondary N) is 1. The number of hydrogen-bond donors (Lipinski definition) is 1. The zero-order chi connectivity index (χ0) is 21.8. The van der Waals surface area contributed by atoms with Crippen LogP contribution in [0.2, 0.25) is 0 Å². The Labute approximate surface area is 188 Å². The van der Waals surface area contributed by atoms with Crippen molar-refractivity contribution in [3.05, 3.63) is 53.4 Å². The first kappa shape index (κ1) is 21.1. The number of thioether (sulfide) groups is 1. The molecule has 0 fully saturated rings. The van der Waals surface area contributed by atoms with Crippen LogP contribution in [0.4, 0.5) is 10.8 Å². The van der Waals surface area contributed by atoms with E-state index in [1.807, 2.05) is 24.3 Å². The molecule has 0 atom stereocenters. The number of methoxy groups -OCH3 is 2. The second-order valence-corrected chi connectivity index (χ2v) is 8.87. The minimum absolute atomic E-state index is 0.492. The second-order valence-electron chi connectivity index (χ2n) is 6.67. The van der Waals surface area contributed by atoms with E-state index in [0.717, 1.165) is 20.7 Å². The zero-order valence-corrected chi connectivity index (χ0v) is 19.1. The molecule has 10 heteroatoms. The Balaban J connectivity index is 1.38. The first-order valence-corrected chi connectivity index (χ1v) is 11.2. The highest BCUT2D eigenvalue weighted by Crippen LogP contribution is 2.33. The number of aromatic nitrogens is 4. The summed E-state index contributed by atoms with van der Waals surface area (Å²) in [6.45, 7) is 4.18. The van der Waals surface area contributed by atoms with Crippen LogP contribution in [-0.4, -0.2) is 34.6 Å². The predicted octanol–water partition coefficient (Wildman–Crippen LogP) is 5.26. The summed E-state index contributed by atoms with van der Waals surface area (Å²) >= 11 is 2.98. The molecule has 0 aliphatic rings. The van der Waals surface area contributed by atoms with E-state index >= 15 is 0 Å². The first-order chi connectivity index (χ1) is 15.1. The van der Waals surface area contributed by atoms with Crippen molar-refractivity contribution in [3.63, 3.8) is 0 Å². The largest absolute Gasteiger partial charge is 0.493 e. The van der Waals surface area contributed by atoms with Crippen LogP contribution in [0.15, 0.2) is 45.3 Å². The van der Waals surface area contributed by atoms with Crippen LogP contribution in [0, 0.1) is 13.8 Å². The minimum atomic E-state index is 0.492. The fraction of sp³-hybridized carbons (Fsp3) is 0.238. The summed E-state index contributed by atoms with van der Waals surface area (Å²) < 4.78 is 16.8. The second kappa shape index (κ2) is 9.36. The summed E-state index contributed by atoms with van der Waals surface area (Å²) in [5.74, 6) is 2.75. The van der Waals surface area contributed by atoms with E-state index in [1.54, 1.807) is 14.2 Å². The Morgan fingerprint density at radius 1 is 1.00 bits per heavy atom. The van der Waals surface area contributed by atoms with Gasteiger partial charge < -0.3 is 19.3 Å². The summed E-state index contributed by atoms with van der Waals surface area (Å²) in [7, 11) is 3.18. The predicted molar refractivity (Wildman–Crippen MR) is 122 cm³/mol. The van der Waals surface area contributed by atoms with Crippen molar-refractivity contribution < 1.29 is 14.0 Å². The summed E-state index contributed by atoms with van der Waals surface area (Å²) in [5.41, 5.74) is 4.26. The van der Waals surface area contributed by atoms with Crippen molar-refractivity contribution in [2.45, 2.75) is 23.9 Å². The van der Waals surface area contributed by atoms with Crippen LogP contribution in [0.5, 0.6) is 11.5 Å². The molecule has 0 bridgehead atoms. The van der Waals surface area contributed by atoms with Gasteiger partial charge in [-0.3, -0.25) is 0 Å². The molecule has 0 radical (unpaired) electrons. The van der Waals surface area contributed by atoms with Gasteiger partial charge in [0.05, 0.1) is 20.0 Å². The van der Waals surface area contributed by atoms with Crippen molar-refractivity contribution in [3.8, 4) is 22.9 Å². The molecule has 160 valence electrons. The molecular formula is C21H21N5O3S2. The lowest BCUT2D eigenvalue weighted by Crippen LogP contribution is -1.91. The fourth-order valence-corrected chi connectivity index (χ4v) is 4.40. The van der Waals surface area contributed by atoms with Crippen molar-refractivity contribution in [2.75, 3.05) is 19.5 Å². The van der Waals surface area contributed by atoms with Crippen LogP contribution < -0.4 is 14.8 Å². The standard InChI is InChI=1S/C21H21N5O3S2/c1-12-5-7-15(9-13(12)2)22-20-24-25-21(31-20)30-11-18-23-19(26-29-18)14-6-8-16(27-3)17(10-14)28-4/h5-10H,11H2,1-4H3,(H,22,24). The molecule has 4 rings (SSSR count). The first-order valence-electron chi connectivity index (χ1n) is 9.41. The van der Waals surface area contributed by atoms with Crippen LogP contribution in [-0.2, 0) is 5.75 Å². The summed E-state index contributed by atoms with van der Waals surface area (Å²) in [5, 5.41) is 16.5. The number of ether oxygens (including phenoxy) is 2. The number of benzene rings is 2. The lowest BCUT2D eigenvalue weighted by molar-refractivity contribution is 0.355. The Morgan fingerprint density at radius 2 is 1.84 bits per heavy atom. The van der Waals surface area contributed by atoms with Gasteiger partial charge in [0, 0.05) is 11.3 Å². The molecule has 0 aliphatic heterocycles. The maximum Gasteiger partial charge on any atom is 0.237 e.